The minimum absolute atomic E-state index is 0.119. The molecular formula is C64H114O9. The van der Waals surface area contributed by atoms with Gasteiger partial charge in [-0.05, 0) is 64.2 Å². The normalized spacial score (nSPS) is 19.1. The van der Waals surface area contributed by atoms with Gasteiger partial charge in [0.05, 0.1) is 19.8 Å². The van der Waals surface area contributed by atoms with Crippen molar-refractivity contribution in [1.29, 1.82) is 0 Å². The molecule has 0 spiro atoms. The number of carbonyl (C=O) groups excluding carboxylic acids is 1. The summed E-state index contributed by atoms with van der Waals surface area (Å²) in [7, 11) is 0. The third-order valence-electron chi connectivity index (χ3n) is 13.9. The van der Waals surface area contributed by atoms with E-state index >= 15 is 0 Å². The maximum atomic E-state index is 12.9. The molecule has 1 aliphatic heterocycles. The van der Waals surface area contributed by atoms with Crippen LogP contribution in [0.25, 0.3) is 0 Å². The average Bonchev–Trinajstić information content (AvgIpc) is 3.39. The zero-order valence-corrected chi connectivity index (χ0v) is 47.1. The highest BCUT2D eigenvalue weighted by atomic mass is 16.7. The Morgan fingerprint density at radius 1 is 0.452 bits per heavy atom. The molecule has 0 aromatic heterocycles. The van der Waals surface area contributed by atoms with Gasteiger partial charge in [-0.3, -0.25) is 4.79 Å². The highest BCUT2D eigenvalue weighted by Gasteiger charge is 2.44. The van der Waals surface area contributed by atoms with Gasteiger partial charge in [0, 0.05) is 13.0 Å². The topological polar surface area (TPSA) is 135 Å². The minimum atomic E-state index is -1.54. The smallest absolute Gasteiger partial charge is 0.306 e. The monoisotopic (exact) mass is 1030 g/mol. The second-order valence-corrected chi connectivity index (χ2v) is 20.8. The molecular weight excluding hydrogens is 913 g/mol. The van der Waals surface area contributed by atoms with Crippen LogP contribution in [0.1, 0.15) is 264 Å². The number of rotatable bonds is 53. The first-order valence-electron chi connectivity index (χ1n) is 30.5. The van der Waals surface area contributed by atoms with Crippen molar-refractivity contribution in [3.63, 3.8) is 0 Å². The van der Waals surface area contributed by atoms with Crippen LogP contribution in [0.15, 0.2) is 72.9 Å². The molecule has 6 unspecified atom stereocenters. The van der Waals surface area contributed by atoms with Crippen molar-refractivity contribution in [2.75, 3.05) is 26.4 Å². The van der Waals surface area contributed by atoms with E-state index in [1.165, 1.54) is 161 Å². The first kappa shape index (κ1) is 68.6. The van der Waals surface area contributed by atoms with Crippen molar-refractivity contribution >= 4 is 5.97 Å². The van der Waals surface area contributed by atoms with Gasteiger partial charge >= 0.3 is 5.97 Å². The number of hydrogen-bond acceptors (Lipinski definition) is 9. The highest BCUT2D eigenvalue weighted by molar-refractivity contribution is 5.69. The number of carbonyl (C=O) groups is 1. The van der Waals surface area contributed by atoms with E-state index in [9.17, 15) is 25.2 Å². The largest absolute Gasteiger partial charge is 0.457 e. The van der Waals surface area contributed by atoms with Gasteiger partial charge in [-0.25, -0.2) is 0 Å². The van der Waals surface area contributed by atoms with Gasteiger partial charge in [0.15, 0.2) is 6.29 Å². The molecule has 0 aliphatic carbocycles. The maximum Gasteiger partial charge on any atom is 0.306 e. The lowest BCUT2D eigenvalue weighted by molar-refractivity contribution is -0.305. The Kier molecular flexibility index (Phi) is 51.2. The van der Waals surface area contributed by atoms with Crippen LogP contribution in [-0.2, 0) is 23.7 Å². The quantitative estimate of drug-likeness (QED) is 0.0267. The third-order valence-corrected chi connectivity index (χ3v) is 13.9. The van der Waals surface area contributed by atoms with Crippen LogP contribution in [0.3, 0.4) is 0 Å². The molecule has 0 aromatic carbocycles. The summed E-state index contributed by atoms with van der Waals surface area (Å²) in [5, 5.41) is 40.4. The summed E-state index contributed by atoms with van der Waals surface area (Å²) in [5.74, 6) is -0.314. The number of esters is 1. The molecule has 0 amide bonds. The number of aliphatic hydroxyl groups is 4. The van der Waals surface area contributed by atoms with E-state index in [0.29, 0.717) is 13.0 Å². The van der Waals surface area contributed by atoms with Gasteiger partial charge in [0.1, 0.15) is 30.5 Å². The molecule has 4 N–H and O–H groups in total. The molecule has 1 heterocycles. The summed E-state index contributed by atoms with van der Waals surface area (Å²) in [4.78, 5) is 12.9. The van der Waals surface area contributed by atoms with Crippen LogP contribution in [0, 0.1) is 0 Å². The Bertz CT molecular complexity index is 1350. The van der Waals surface area contributed by atoms with Gasteiger partial charge in [0.2, 0.25) is 0 Å². The molecule has 0 radical (unpaired) electrons. The number of hydrogen-bond donors (Lipinski definition) is 4. The first-order chi connectivity index (χ1) is 35.9. The van der Waals surface area contributed by atoms with Gasteiger partial charge in [-0.1, -0.05) is 267 Å². The summed E-state index contributed by atoms with van der Waals surface area (Å²) in [5.41, 5.74) is 0. The summed E-state index contributed by atoms with van der Waals surface area (Å²) in [6.07, 6.45) is 66.7. The van der Waals surface area contributed by atoms with Crippen molar-refractivity contribution in [2.24, 2.45) is 0 Å². The minimum Gasteiger partial charge on any atom is -0.457 e. The molecule has 1 rings (SSSR count). The van der Waals surface area contributed by atoms with E-state index in [2.05, 4.69) is 86.8 Å². The lowest BCUT2D eigenvalue weighted by Gasteiger charge is -2.39. The number of ether oxygens (including phenoxy) is 4. The Morgan fingerprint density at radius 3 is 1.26 bits per heavy atom. The van der Waals surface area contributed by atoms with Crippen molar-refractivity contribution in [2.45, 2.75) is 301 Å². The molecule has 424 valence electrons. The first-order valence-corrected chi connectivity index (χ1v) is 30.5. The molecule has 0 bridgehead atoms. The SMILES string of the molecule is CC/C=C\C/C=C\C/C=C\C/C=C\C/C=C\C/C=C\CCCCCCCCCOCC(COC1OC(CO)C(O)C(O)C1O)OC(=O)CCCCCCCCCCCCCCCCCCCCCCCCCC. The third kappa shape index (κ3) is 44.5. The molecule has 9 heteroatoms. The Balaban J connectivity index is 2.15. The van der Waals surface area contributed by atoms with Crippen molar-refractivity contribution in [3.05, 3.63) is 72.9 Å². The molecule has 9 nitrogen and oxygen atoms in total. The molecule has 6 atom stereocenters. The van der Waals surface area contributed by atoms with E-state index in [4.69, 9.17) is 18.9 Å². The summed E-state index contributed by atoms with van der Waals surface area (Å²) in [6, 6.07) is 0. The lowest BCUT2D eigenvalue weighted by atomic mass is 9.99. The molecule has 73 heavy (non-hydrogen) atoms. The number of aliphatic hydroxyl groups excluding tert-OH is 4. The second-order valence-electron chi connectivity index (χ2n) is 20.8. The van der Waals surface area contributed by atoms with Gasteiger partial charge < -0.3 is 39.4 Å². The van der Waals surface area contributed by atoms with Crippen molar-refractivity contribution < 1.29 is 44.2 Å². The van der Waals surface area contributed by atoms with E-state index < -0.39 is 43.4 Å². The van der Waals surface area contributed by atoms with Crippen LogP contribution in [0.4, 0.5) is 0 Å². The van der Waals surface area contributed by atoms with Gasteiger partial charge in [-0.15, -0.1) is 0 Å². The van der Waals surface area contributed by atoms with E-state index in [0.717, 1.165) is 83.5 Å². The lowest BCUT2D eigenvalue weighted by Crippen LogP contribution is -2.59. The van der Waals surface area contributed by atoms with Crippen molar-refractivity contribution in [3.8, 4) is 0 Å². The van der Waals surface area contributed by atoms with E-state index in [1.54, 1.807) is 0 Å². The zero-order valence-electron chi connectivity index (χ0n) is 47.1. The van der Waals surface area contributed by atoms with E-state index in [1.807, 2.05) is 0 Å². The van der Waals surface area contributed by atoms with Crippen LogP contribution in [-0.4, -0.2) is 89.6 Å². The number of allylic oxidation sites excluding steroid dienone is 12. The summed E-state index contributed by atoms with van der Waals surface area (Å²) >= 11 is 0. The molecule has 1 aliphatic rings. The average molecular weight is 1030 g/mol. The van der Waals surface area contributed by atoms with Crippen molar-refractivity contribution in [1.82, 2.24) is 0 Å². The predicted octanol–water partition coefficient (Wildman–Crippen LogP) is 16.3. The Hall–Kier alpha value is -2.37. The molecule has 1 fully saturated rings. The van der Waals surface area contributed by atoms with Gasteiger partial charge in [0.25, 0.3) is 0 Å². The Labute approximate surface area is 448 Å². The Morgan fingerprint density at radius 2 is 0.836 bits per heavy atom. The van der Waals surface area contributed by atoms with Crippen LogP contribution >= 0.6 is 0 Å². The summed E-state index contributed by atoms with van der Waals surface area (Å²) < 4.78 is 23.0. The fourth-order valence-electron chi connectivity index (χ4n) is 9.20. The fraction of sp³-hybridized carbons (Fsp3) is 0.797. The molecule has 0 saturated carbocycles. The molecule has 0 aromatic rings. The fourth-order valence-corrected chi connectivity index (χ4v) is 9.20. The standard InChI is InChI=1S/C64H114O9/c1-3-5-7-9-11-13-15-17-19-21-23-25-27-29-30-32-34-36-38-40-42-44-46-48-50-52-54-70-56-58(57-71-64-63(69)62(68)61(67)59(55-65)73-64)72-60(66)53-51-49-47-45-43-41-39-37-35-33-31-28-26-24-22-20-18-16-14-12-10-8-6-4-2/h5,7,11,13,17,19,23,25,29-30,34,36,58-59,61-65,67-69H,3-4,6,8-10,12,14-16,18,20-22,24,26-28,31-33,35,37-57H2,1-2H3/b7-5-,13-11-,19-17-,25-23-,30-29-,36-34-. The van der Waals surface area contributed by atoms with Crippen LogP contribution < -0.4 is 0 Å². The second kappa shape index (κ2) is 54.4. The van der Waals surface area contributed by atoms with Crippen LogP contribution in [0.2, 0.25) is 0 Å². The van der Waals surface area contributed by atoms with Crippen LogP contribution in [0.5, 0.6) is 0 Å². The van der Waals surface area contributed by atoms with Gasteiger partial charge in [-0.2, -0.15) is 0 Å². The predicted molar refractivity (Wildman–Crippen MR) is 307 cm³/mol. The highest BCUT2D eigenvalue weighted by Crippen LogP contribution is 2.23. The summed E-state index contributed by atoms with van der Waals surface area (Å²) in [6.45, 7) is 4.46. The maximum absolute atomic E-state index is 12.9. The number of unbranched alkanes of at least 4 members (excludes halogenated alkanes) is 30. The van der Waals surface area contributed by atoms with E-state index in [-0.39, 0.29) is 19.2 Å². The zero-order chi connectivity index (χ0) is 52.8. The molecule has 1 saturated heterocycles.